The zero-order valence-electron chi connectivity index (χ0n) is 16.0. The van der Waals surface area contributed by atoms with Crippen molar-refractivity contribution in [1.29, 1.82) is 0 Å². The molecule has 0 bridgehead atoms. The van der Waals surface area contributed by atoms with Gasteiger partial charge in [0.05, 0.1) is 30.1 Å². The van der Waals surface area contributed by atoms with Crippen molar-refractivity contribution in [2.45, 2.75) is 19.4 Å². The van der Waals surface area contributed by atoms with Crippen molar-refractivity contribution in [3.05, 3.63) is 70.9 Å². The summed E-state index contributed by atoms with van der Waals surface area (Å²) in [4.78, 5) is 4.47. The van der Waals surface area contributed by atoms with Crippen LogP contribution in [0.15, 0.2) is 59.7 Å². The molecule has 3 aromatic rings. The maximum Gasteiger partial charge on any atom is 0.247 e. The van der Waals surface area contributed by atoms with E-state index in [0.717, 1.165) is 32.9 Å². The fraction of sp³-hybridized carbons (Fsp3) is 0.238. The maximum absolute atomic E-state index is 12.4. The van der Waals surface area contributed by atoms with Crippen molar-refractivity contribution in [1.82, 2.24) is 9.40 Å². The molecule has 0 saturated carbocycles. The minimum atomic E-state index is -3.59. The smallest absolute Gasteiger partial charge is 0.247 e. The lowest BCUT2D eigenvalue weighted by Gasteiger charge is -2.22. The van der Waals surface area contributed by atoms with Crippen molar-refractivity contribution >= 4 is 38.2 Å². The van der Waals surface area contributed by atoms with Gasteiger partial charge in [0.15, 0.2) is 0 Å². The lowest BCUT2D eigenvalue weighted by Crippen LogP contribution is -2.26. The van der Waals surface area contributed by atoms with E-state index in [9.17, 15) is 8.42 Å². The van der Waals surface area contributed by atoms with Gasteiger partial charge in [0, 0.05) is 17.4 Å². The average Bonchev–Trinajstić information content (AvgIpc) is 3.14. The molecule has 150 valence electrons. The molecule has 4 rings (SSSR count). The van der Waals surface area contributed by atoms with Crippen LogP contribution in [0.5, 0.6) is 5.75 Å². The van der Waals surface area contributed by atoms with Gasteiger partial charge in [0.25, 0.3) is 0 Å². The fourth-order valence-electron chi connectivity index (χ4n) is 3.47. The van der Waals surface area contributed by atoms with E-state index in [2.05, 4.69) is 10.1 Å². The molecule has 2 heterocycles. The van der Waals surface area contributed by atoms with Gasteiger partial charge < -0.3 is 4.74 Å². The highest BCUT2D eigenvalue weighted by atomic mass is 35.5. The van der Waals surface area contributed by atoms with Crippen LogP contribution in [0, 0.1) is 0 Å². The van der Waals surface area contributed by atoms with E-state index in [0.29, 0.717) is 24.3 Å². The number of aromatic nitrogens is 1. The zero-order chi connectivity index (χ0) is 20.6. The molecule has 8 heteroatoms. The summed E-state index contributed by atoms with van der Waals surface area (Å²) in [5, 5.41) is 5.51. The number of rotatable bonds is 5. The summed E-state index contributed by atoms with van der Waals surface area (Å²) in [6, 6.07) is 16.4. The Labute approximate surface area is 174 Å². The molecule has 1 aliphatic rings. The molecule has 0 N–H and O–H groups in total. The highest BCUT2D eigenvalue weighted by Gasteiger charge is 2.36. The maximum atomic E-state index is 12.4. The van der Waals surface area contributed by atoms with Gasteiger partial charge in [0.1, 0.15) is 10.9 Å². The van der Waals surface area contributed by atoms with Crippen LogP contribution in [0.25, 0.3) is 10.9 Å². The van der Waals surface area contributed by atoms with Gasteiger partial charge in [-0.25, -0.2) is 13.4 Å². The number of halogens is 1. The summed E-state index contributed by atoms with van der Waals surface area (Å²) >= 11 is 6.48. The van der Waals surface area contributed by atoms with Crippen molar-refractivity contribution in [3.8, 4) is 5.75 Å². The van der Waals surface area contributed by atoms with E-state index in [4.69, 9.17) is 16.3 Å². The minimum Gasteiger partial charge on any atom is -0.494 e. The number of fused-ring (bicyclic) bond motifs is 1. The molecule has 0 saturated heterocycles. The monoisotopic (exact) mass is 429 g/mol. The molecule has 0 spiro atoms. The first kappa shape index (κ1) is 19.7. The number of benzene rings is 2. The van der Waals surface area contributed by atoms with Crippen LogP contribution >= 0.6 is 11.6 Å². The second-order valence-electron chi connectivity index (χ2n) is 6.82. The van der Waals surface area contributed by atoms with Gasteiger partial charge in [0.2, 0.25) is 10.0 Å². The molecule has 0 amide bonds. The molecular formula is C21H20ClN3O3S. The normalized spacial score (nSPS) is 16.9. The SMILES string of the molecule is CCOc1ccc2nc(Cl)c([C@H]3CC(c4ccccc4)=NN3S(C)(=O)=O)cc2c1. The largest absolute Gasteiger partial charge is 0.494 e. The molecule has 1 aromatic heterocycles. The number of hydrogen-bond donors (Lipinski definition) is 0. The summed E-state index contributed by atoms with van der Waals surface area (Å²) in [6.45, 7) is 2.47. The highest BCUT2D eigenvalue weighted by molar-refractivity contribution is 7.88. The number of nitrogens with zero attached hydrogens (tertiary/aromatic N) is 3. The first-order valence-corrected chi connectivity index (χ1v) is 11.4. The fourth-order valence-corrected chi connectivity index (χ4v) is 4.64. The molecule has 6 nitrogen and oxygen atoms in total. The summed E-state index contributed by atoms with van der Waals surface area (Å²) in [6.07, 6.45) is 1.56. The van der Waals surface area contributed by atoms with Crippen LogP contribution in [0.4, 0.5) is 0 Å². The first-order chi connectivity index (χ1) is 13.9. The quantitative estimate of drug-likeness (QED) is 0.563. The van der Waals surface area contributed by atoms with Crippen molar-refractivity contribution < 1.29 is 13.2 Å². The van der Waals surface area contributed by atoms with E-state index in [-0.39, 0.29) is 5.15 Å². The second-order valence-corrected chi connectivity index (χ2v) is 9.02. The third kappa shape index (κ3) is 3.93. The second kappa shape index (κ2) is 7.65. The van der Waals surface area contributed by atoms with Crippen molar-refractivity contribution in [3.63, 3.8) is 0 Å². The molecule has 29 heavy (non-hydrogen) atoms. The standard InChI is InChI=1S/C21H20ClN3O3S/c1-3-28-16-9-10-18-15(11-16)12-17(21(22)23-18)20-13-19(14-7-5-4-6-8-14)24-25(20)29(2,26)27/h4-12,20H,3,13H2,1-2H3/t20-/m1/s1. The molecule has 1 aliphatic heterocycles. The van der Waals surface area contributed by atoms with E-state index >= 15 is 0 Å². The molecule has 0 aliphatic carbocycles. The van der Waals surface area contributed by atoms with E-state index in [1.165, 1.54) is 0 Å². The lowest BCUT2D eigenvalue weighted by atomic mass is 9.99. The van der Waals surface area contributed by atoms with Gasteiger partial charge in [-0.05, 0) is 36.8 Å². The Bertz CT molecular complexity index is 1200. The zero-order valence-corrected chi connectivity index (χ0v) is 17.6. The molecule has 2 aromatic carbocycles. The Morgan fingerprint density at radius 3 is 2.62 bits per heavy atom. The number of hydrogen-bond acceptors (Lipinski definition) is 5. The molecule has 0 unspecified atom stereocenters. The van der Waals surface area contributed by atoms with Gasteiger partial charge >= 0.3 is 0 Å². The summed E-state index contributed by atoms with van der Waals surface area (Å²) in [7, 11) is -3.59. The Balaban J connectivity index is 1.79. The number of pyridine rings is 1. The van der Waals surface area contributed by atoms with Gasteiger partial charge in [-0.3, -0.25) is 0 Å². The molecule has 0 radical (unpaired) electrons. The van der Waals surface area contributed by atoms with Crippen LogP contribution in [0.1, 0.15) is 30.5 Å². The van der Waals surface area contributed by atoms with E-state index in [1.807, 2.05) is 61.5 Å². The predicted molar refractivity (Wildman–Crippen MR) is 115 cm³/mol. The average molecular weight is 430 g/mol. The Morgan fingerprint density at radius 2 is 1.93 bits per heavy atom. The van der Waals surface area contributed by atoms with E-state index < -0.39 is 16.1 Å². The Kier molecular flexibility index (Phi) is 5.19. The first-order valence-electron chi connectivity index (χ1n) is 9.22. The van der Waals surface area contributed by atoms with Crippen molar-refractivity contribution in [2.24, 2.45) is 5.10 Å². The molecule has 1 atom stereocenters. The lowest BCUT2D eigenvalue weighted by molar-refractivity contribution is 0.340. The third-order valence-corrected chi connectivity index (χ3v) is 6.07. The van der Waals surface area contributed by atoms with Gasteiger partial charge in [-0.15, -0.1) is 0 Å². The molecular weight excluding hydrogens is 410 g/mol. The van der Waals surface area contributed by atoms with Gasteiger partial charge in [-0.1, -0.05) is 41.9 Å². The van der Waals surface area contributed by atoms with Crippen LogP contribution in [0.2, 0.25) is 5.15 Å². The minimum absolute atomic E-state index is 0.268. The Hall–Kier alpha value is -2.64. The number of hydrazone groups is 1. The Morgan fingerprint density at radius 1 is 1.17 bits per heavy atom. The van der Waals surface area contributed by atoms with Crippen LogP contribution in [-0.2, 0) is 10.0 Å². The van der Waals surface area contributed by atoms with E-state index in [1.54, 1.807) is 0 Å². The van der Waals surface area contributed by atoms with Crippen LogP contribution < -0.4 is 4.74 Å². The predicted octanol–water partition coefficient (Wildman–Crippen LogP) is 4.40. The molecule has 0 fully saturated rings. The van der Waals surface area contributed by atoms with Crippen LogP contribution in [-0.4, -0.2) is 36.4 Å². The number of sulfonamides is 1. The third-order valence-electron chi connectivity index (χ3n) is 4.76. The highest BCUT2D eigenvalue weighted by Crippen LogP contribution is 2.38. The summed E-state index contributed by atoms with van der Waals surface area (Å²) < 4.78 is 31.6. The van der Waals surface area contributed by atoms with Gasteiger partial charge in [-0.2, -0.15) is 9.52 Å². The van der Waals surface area contributed by atoms with Crippen LogP contribution in [0.3, 0.4) is 0 Å². The summed E-state index contributed by atoms with van der Waals surface area (Å²) in [5.74, 6) is 0.725. The number of ether oxygens (including phenoxy) is 1. The summed E-state index contributed by atoms with van der Waals surface area (Å²) in [5.41, 5.74) is 2.91. The topological polar surface area (TPSA) is 71.9 Å². The van der Waals surface area contributed by atoms with Crippen molar-refractivity contribution in [2.75, 3.05) is 12.9 Å².